The summed E-state index contributed by atoms with van der Waals surface area (Å²) in [5.41, 5.74) is 5.82. The number of alkyl halides is 3. The fraction of sp³-hybridized carbons (Fsp3) is 0.400. The molecule has 0 spiro atoms. The van der Waals surface area contributed by atoms with Crippen LogP contribution in [0, 0.1) is 0 Å². The average Bonchev–Trinajstić information content (AvgIpc) is 2.61. The molecule has 1 aliphatic heterocycles. The number of halogens is 3. The van der Waals surface area contributed by atoms with Gasteiger partial charge in [-0.2, -0.15) is 13.2 Å². The van der Waals surface area contributed by atoms with Gasteiger partial charge in [-0.25, -0.2) is 0 Å². The topological polar surface area (TPSA) is 44.5 Å². The van der Waals surface area contributed by atoms with Gasteiger partial charge >= 0.3 is 6.18 Å². The van der Waals surface area contributed by atoms with Gasteiger partial charge in [-0.15, -0.1) is 0 Å². The predicted octanol–water partition coefficient (Wildman–Crippen LogP) is 2.37. The summed E-state index contributed by atoms with van der Waals surface area (Å²) in [6.07, 6.45) is -5.37. The molecule has 1 aliphatic rings. The minimum Gasteiger partial charge on any atom is -0.454 e. The molecule has 3 nitrogen and oxygen atoms in total. The van der Waals surface area contributed by atoms with E-state index >= 15 is 0 Å². The van der Waals surface area contributed by atoms with Crippen molar-refractivity contribution in [1.82, 2.24) is 0 Å². The quantitative estimate of drug-likeness (QED) is 0.852. The Kier molecular flexibility index (Phi) is 2.67. The molecule has 0 saturated heterocycles. The van der Waals surface area contributed by atoms with Crippen LogP contribution < -0.4 is 15.2 Å². The summed E-state index contributed by atoms with van der Waals surface area (Å²) in [5.74, 6) is 0.759. The molecule has 6 heteroatoms. The third-order valence-electron chi connectivity index (χ3n) is 2.28. The van der Waals surface area contributed by atoms with Crippen LogP contribution in [0.3, 0.4) is 0 Å². The predicted molar refractivity (Wildman–Crippen MR) is 50.2 cm³/mol. The second-order valence-electron chi connectivity index (χ2n) is 3.51. The van der Waals surface area contributed by atoms with Crippen molar-refractivity contribution in [2.45, 2.75) is 18.6 Å². The molecular formula is C10H10F3NO2. The summed E-state index contributed by atoms with van der Waals surface area (Å²) >= 11 is 0. The molecule has 0 unspecified atom stereocenters. The van der Waals surface area contributed by atoms with Gasteiger partial charge in [-0.05, 0) is 6.07 Å². The molecule has 1 heterocycles. The highest BCUT2D eigenvalue weighted by Crippen LogP contribution is 2.40. The molecule has 0 fully saturated rings. The highest BCUT2D eigenvalue weighted by atomic mass is 19.4. The van der Waals surface area contributed by atoms with E-state index in [4.69, 9.17) is 15.2 Å². The van der Waals surface area contributed by atoms with E-state index in [1.54, 1.807) is 12.1 Å². The Hall–Kier alpha value is -1.43. The fourth-order valence-electron chi connectivity index (χ4n) is 1.60. The van der Waals surface area contributed by atoms with Crippen LogP contribution in [-0.4, -0.2) is 13.0 Å². The highest BCUT2D eigenvalue weighted by molar-refractivity contribution is 5.49. The van der Waals surface area contributed by atoms with Crippen LogP contribution in [0.15, 0.2) is 18.2 Å². The first-order valence-electron chi connectivity index (χ1n) is 4.68. The SMILES string of the molecule is N[C@@H](CC(F)(F)F)c1cccc2c1OCO2. The lowest BCUT2D eigenvalue weighted by molar-refractivity contribution is -0.138. The lowest BCUT2D eigenvalue weighted by Gasteiger charge is -2.15. The first kappa shape index (κ1) is 11.1. The summed E-state index contributed by atoms with van der Waals surface area (Å²) in [4.78, 5) is 0. The fourth-order valence-corrected chi connectivity index (χ4v) is 1.60. The van der Waals surface area contributed by atoms with Gasteiger partial charge in [0.05, 0.1) is 6.42 Å². The number of benzene rings is 1. The molecule has 0 aromatic heterocycles. The van der Waals surface area contributed by atoms with Crippen molar-refractivity contribution in [2.75, 3.05) is 6.79 Å². The lowest BCUT2D eigenvalue weighted by atomic mass is 10.0. The molecule has 0 bridgehead atoms. The minimum atomic E-state index is -4.29. The van der Waals surface area contributed by atoms with Crippen LogP contribution in [0.5, 0.6) is 11.5 Å². The Bertz CT molecular complexity index is 392. The number of ether oxygens (including phenoxy) is 2. The van der Waals surface area contributed by atoms with Crippen LogP contribution in [0.2, 0.25) is 0 Å². The van der Waals surface area contributed by atoms with E-state index in [1.807, 2.05) is 0 Å². The molecule has 1 aromatic carbocycles. The van der Waals surface area contributed by atoms with Crippen molar-refractivity contribution in [3.8, 4) is 11.5 Å². The van der Waals surface area contributed by atoms with Crippen molar-refractivity contribution >= 4 is 0 Å². The van der Waals surface area contributed by atoms with Gasteiger partial charge in [0.1, 0.15) is 0 Å². The Balaban J connectivity index is 2.24. The van der Waals surface area contributed by atoms with Crippen molar-refractivity contribution in [2.24, 2.45) is 5.73 Å². The maximum absolute atomic E-state index is 12.2. The zero-order valence-corrected chi connectivity index (χ0v) is 8.25. The second-order valence-corrected chi connectivity index (χ2v) is 3.51. The van der Waals surface area contributed by atoms with Gasteiger partial charge in [0.25, 0.3) is 0 Å². The van der Waals surface area contributed by atoms with Gasteiger partial charge in [-0.1, -0.05) is 12.1 Å². The third-order valence-corrected chi connectivity index (χ3v) is 2.28. The molecule has 0 saturated carbocycles. The molecule has 16 heavy (non-hydrogen) atoms. The summed E-state index contributed by atoms with van der Waals surface area (Å²) < 4.78 is 46.7. The number of hydrogen-bond donors (Lipinski definition) is 1. The number of fused-ring (bicyclic) bond motifs is 1. The maximum atomic E-state index is 12.2. The second kappa shape index (κ2) is 3.86. The molecule has 0 radical (unpaired) electrons. The van der Waals surface area contributed by atoms with E-state index in [0.717, 1.165) is 0 Å². The molecular weight excluding hydrogens is 223 g/mol. The summed E-state index contributed by atoms with van der Waals surface area (Å²) in [5, 5.41) is 0. The van der Waals surface area contributed by atoms with Gasteiger partial charge in [0.15, 0.2) is 11.5 Å². The molecule has 1 aromatic rings. The zero-order chi connectivity index (χ0) is 11.8. The summed E-state index contributed by atoms with van der Waals surface area (Å²) in [6, 6.07) is 3.62. The average molecular weight is 233 g/mol. The molecule has 2 rings (SSSR count). The molecule has 0 amide bonds. The number of nitrogens with two attached hydrogens (primary N) is 1. The lowest BCUT2D eigenvalue weighted by Crippen LogP contribution is -2.20. The van der Waals surface area contributed by atoms with E-state index < -0.39 is 18.6 Å². The summed E-state index contributed by atoms with van der Waals surface area (Å²) in [7, 11) is 0. The smallest absolute Gasteiger partial charge is 0.390 e. The standard InChI is InChI=1S/C10H10F3NO2/c11-10(12,13)4-7(14)6-2-1-3-8-9(6)16-5-15-8/h1-3,7H,4-5,14H2/t7-/m0/s1. The Labute approximate surface area is 89.9 Å². The first-order valence-corrected chi connectivity index (χ1v) is 4.68. The van der Waals surface area contributed by atoms with E-state index in [-0.39, 0.29) is 6.79 Å². The van der Waals surface area contributed by atoms with Crippen LogP contribution >= 0.6 is 0 Å². The zero-order valence-electron chi connectivity index (χ0n) is 8.25. The van der Waals surface area contributed by atoms with Gasteiger partial charge in [-0.3, -0.25) is 0 Å². The third kappa shape index (κ3) is 2.21. The first-order chi connectivity index (χ1) is 7.47. The highest BCUT2D eigenvalue weighted by Gasteiger charge is 2.33. The van der Waals surface area contributed by atoms with Crippen LogP contribution in [0.25, 0.3) is 0 Å². The van der Waals surface area contributed by atoms with E-state index in [9.17, 15) is 13.2 Å². The van der Waals surface area contributed by atoms with Crippen molar-refractivity contribution in [3.05, 3.63) is 23.8 Å². The van der Waals surface area contributed by atoms with E-state index in [2.05, 4.69) is 0 Å². The molecule has 2 N–H and O–H groups in total. The van der Waals surface area contributed by atoms with Crippen LogP contribution in [0.4, 0.5) is 13.2 Å². The van der Waals surface area contributed by atoms with Crippen LogP contribution in [-0.2, 0) is 0 Å². The number of rotatable bonds is 2. The van der Waals surface area contributed by atoms with Gasteiger partial charge in [0.2, 0.25) is 6.79 Å². The van der Waals surface area contributed by atoms with Gasteiger partial charge in [0, 0.05) is 11.6 Å². The largest absolute Gasteiger partial charge is 0.454 e. The van der Waals surface area contributed by atoms with Gasteiger partial charge < -0.3 is 15.2 Å². The van der Waals surface area contributed by atoms with Crippen molar-refractivity contribution in [3.63, 3.8) is 0 Å². The Morgan fingerprint density at radius 3 is 2.75 bits per heavy atom. The summed E-state index contributed by atoms with van der Waals surface area (Å²) in [6.45, 7) is 0.0189. The maximum Gasteiger partial charge on any atom is 0.390 e. The van der Waals surface area contributed by atoms with Crippen LogP contribution in [0.1, 0.15) is 18.0 Å². The normalized spacial score (nSPS) is 16.2. The molecule has 1 atom stereocenters. The molecule has 88 valence electrons. The number of hydrogen-bond acceptors (Lipinski definition) is 3. The Morgan fingerprint density at radius 2 is 2.06 bits per heavy atom. The van der Waals surface area contributed by atoms with Crippen molar-refractivity contribution < 1.29 is 22.6 Å². The molecule has 0 aliphatic carbocycles. The minimum absolute atomic E-state index is 0.0189. The number of para-hydroxylation sites is 1. The Morgan fingerprint density at radius 1 is 1.31 bits per heavy atom. The van der Waals surface area contributed by atoms with E-state index in [1.165, 1.54) is 6.07 Å². The monoisotopic (exact) mass is 233 g/mol. The van der Waals surface area contributed by atoms with Crippen molar-refractivity contribution in [1.29, 1.82) is 0 Å². The van der Waals surface area contributed by atoms with E-state index in [0.29, 0.717) is 17.1 Å².